The van der Waals surface area contributed by atoms with Crippen molar-refractivity contribution in [2.45, 2.75) is 18.6 Å². The van der Waals surface area contributed by atoms with Gasteiger partial charge in [0.05, 0.1) is 19.3 Å². The SMILES string of the molecule is COc1ccc(-c2noc([C@H]3C[C@@H](O)CN3)n2)cn1. The molecule has 0 aliphatic carbocycles. The average molecular weight is 262 g/mol. The summed E-state index contributed by atoms with van der Waals surface area (Å²) in [7, 11) is 1.56. The lowest BCUT2D eigenvalue weighted by atomic mass is 10.2. The van der Waals surface area contributed by atoms with Crippen LogP contribution >= 0.6 is 0 Å². The summed E-state index contributed by atoms with van der Waals surface area (Å²) < 4.78 is 10.2. The van der Waals surface area contributed by atoms with Crippen LogP contribution in [0.4, 0.5) is 0 Å². The number of methoxy groups -OCH3 is 1. The summed E-state index contributed by atoms with van der Waals surface area (Å²) in [5.41, 5.74) is 0.759. The van der Waals surface area contributed by atoms with E-state index in [0.717, 1.165) is 5.56 Å². The minimum atomic E-state index is -0.358. The summed E-state index contributed by atoms with van der Waals surface area (Å²) >= 11 is 0. The molecule has 0 radical (unpaired) electrons. The molecule has 3 rings (SSSR count). The van der Waals surface area contributed by atoms with Crippen molar-refractivity contribution in [3.63, 3.8) is 0 Å². The van der Waals surface area contributed by atoms with Gasteiger partial charge in [-0.3, -0.25) is 0 Å². The van der Waals surface area contributed by atoms with Crippen LogP contribution in [0.5, 0.6) is 5.88 Å². The number of rotatable bonds is 3. The van der Waals surface area contributed by atoms with Crippen LogP contribution in [0.3, 0.4) is 0 Å². The number of β-amino-alcohol motifs (C(OH)–C–C–N with tert-alkyl or cyclic N) is 1. The number of aliphatic hydroxyl groups excluding tert-OH is 1. The van der Waals surface area contributed by atoms with Crippen LogP contribution < -0.4 is 10.1 Å². The lowest BCUT2D eigenvalue weighted by Crippen LogP contribution is -2.15. The van der Waals surface area contributed by atoms with Crippen molar-refractivity contribution in [3.8, 4) is 17.3 Å². The topological polar surface area (TPSA) is 93.3 Å². The highest BCUT2D eigenvalue weighted by Crippen LogP contribution is 2.24. The molecule has 0 unspecified atom stereocenters. The van der Waals surface area contributed by atoms with Gasteiger partial charge in [0, 0.05) is 24.4 Å². The maximum Gasteiger partial charge on any atom is 0.244 e. The van der Waals surface area contributed by atoms with Gasteiger partial charge >= 0.3 is 0 Å². The Hall–Kier alpha value is -1.99. The zero-order chi connectivity index (χ0) is 13.2. The fraction of sp³-hybridized carbons (Fsp3) is 0.417. The number of aliphatic hydroxyl groups is 1. The van der Waals surface area contributed by atoms with Gasteiger partial charge in [-0.25, -0.2) is 4.98 Å². The minimum absolute atomic E-state index is 0.0811. The fourth-order valence-electron chi connectivity index (χ4n) is 2.03. The largest absolute Gasteiger partial charge is 0.481 e. The second kappa shape index (κ2) is 4.94. The first kappa shape index (κ1) is 12.1. The molecular weight excluding hydrogens is 248 g/mol. The standard InChI is InChI=1S/C12H14N4O3/c1-18-10-3-2-7(5-14-10)11-15-12(19-16-11)9-4-8(17)6-13-9/h2-3,5,8-9,13,17H,4,6H2,1H3/t8-,9-/m1/s1. The van der Waals surface area contributed by atoms with E-state index in [4.69, 9.17) is 9.26 Å². The summed E-state index contributed by atoms with van der Waals surface area (Å²) in [6.45, 7) is 0.548. The van der Waals surface area contributed by atoms with Crippen molar-refractivity contribution in [2.24, 2.45) is 0 Å². The smallest absolute Gasteiger partial charge is 0.244 e. The molecule has 0 bridgehead atoms. The third-order valence-electron chi connectivity index (χ3n) is 3.05. The predicted molar refractivity (Wildman–Crippen MR) is 65.4 cm³/mol. The van der Waals surface area contributed by atoms with Gasteiger partial charge in [0.25, 0.3) is 0 Å². The molecule has 0 aromatic carbocycles. The van der Waals surface area contributed by atoms with Gasteiger partial charge in [-0.15, -0.1) is 0 Å². The Balaban J connectivity index is 1.80. The highest BCUT2D eigenvalue weighted by atomic mass is 16.5. The van der Waals surface area contributed by atoms with Gasteiger partial charge in [0.2, 0.25) is 17.6 Å². The Kier molecular flexibility index (Phi) is 3.14. The average Bonchev–Trinajstić information content (AvgIpc) is 3.07. The highest BCUT2D eigenvalue weighted by Gasteiger charge is 2.28. The quantitative estimate of drug-likeness (QED) is 0.833. The first-order valence-corrected chi connectivity index (χ1v) is 6.01. The molecule has 1 fully saturated rings. The number of nitrogens with zero attached hydrogens (tertiary/aromatic N) is 3. The molecule has 3 heterocycles. The van der Waals surface area contributed by atoms with Crippen LogP contribution in [0.2, 0.25) is 0 Å². The van der Waals surface area contributed by atoms with Gasteiger partial charge < -0.3 is 19.7 Å². The molecule has 1 aliphatic rings. The molecule has 7 heteroatoms. The van der Waals surface area contributed by atoms with E-state index >= 15 is 0 Å². The van der Waals surface area contributed by atoms with E-state index in [1.165, 1.54) is 0 Å². The molecule has 0 spiro atoms. The first-order chi connectivity index (χ1) is 9.26. The molecule has 2 atom stereocenters. The lowest BCUT2D eigenvalue weighted by Gasteiger charge is -2.01. The molecule has 2 aromatic heterocycles. The molecule has 1 saturated heterocycles. The Labute approximate surface area is 109 Å². The Morgan fingerprint density at radius 1 is 1.47 bits per heavy atom. The number of nitrogens with one attached hydrogen (secondary N) is 1. The van der Waals surface area contributed by atoms with E-state index in [1.807, 2.05) is 6.07 Å². The van der Waals surface area contributed by atoms with Gasteiger partial charge in [-0.05, 0) is 12.5 Å². The van der Waals surface area contributed by atoms with Crippen molar-refractivity contribution in [1.29, 1.82) is 0 Å². The molecule has 2 aromatic rings. The van der Waals surface area contributed by atoms with E-state index in [2.05, 4.69) is 20.4 Å². The summed E-state index contributed by atoms with van der Waals surface area (Å²) in [5, 5.41) is 16.5. The Bertz CT molecular complexity index is 554. The van der Waals surface area contributed by atoms with Crippen LogP contribution in [0, 0.1) is 0 Å². The first-order valence-electron chi connectivity index (χ1n) is 6.01. The number of aromatic nitrogens is 3. The van der Waals surface area contributed by atoms with Gasteiger partial charge in [-0.2, -0.15) is 4.98 Å². The van der Waals surface area contributed by atoms with Crippen LogP contribution in [-0.4, -0.2) is 40.0 Å². The minimum Gasteiger partial charge on any atom is -0.481 e. The van der Waals surface area contributed by atoms with Crippen molar-refractivity contribution in [2.75, 3.05) is 13.7 Å². The molecule has 0 amide bonds. The van der Waals surface area contributed by atoms with E-state index in [9.17, 15) is 5.11 Å². The molecular formula is C12H14N4O3. The lowest BCUT2D eigenvalue weighted by molar-refractivity contribution is 0.191. The van der Waals surface area contributed by atoms with Crippen LogP contribution in [0.15, 0.2) is 22.9 Å². The molecule has 19 heavy (non-hydrogen) atoms. The second-order valence-corrected chi connectivity index (χ2v) is 4.40. The van der Waals surface area contributed by atoms with Crippen LogP contribution in [0.25, 0.3) is 11.4 Å². The molecule has 100 valence electrons. The number of ether oxygens (including phenoxy) is 1. The van der Waals surface area contributed by atoms with Gasteiger partial charge in [-0.1, -0.05) is 5.16 Å². The van der Waals surface area contributed by atoms with E-state index < -0.39 is 0 Å². The monoisotopic (exact) mass is 262 g/mol. The summed E-state index contributed by atoms with van der Waals surface area (Å²) in [6, 6.07) is 3.47. The normalized spacial score (nSPS) is 22.6. The number of hydrogen-bond acceptors (Lipinski definition) is 7. The molecule has 0 saturated carbocycles. The summed E-state index contributed by atoms with van der Waals surface area (Å²) in [4.78, 5) is 8.41. The second-order valence-electron chi connectivity index (χ2n) is 4.40. The maximum atomic E-state index is 9.47. The maximum absolute atomic E-state index is 9.47. The zero-order valence-corrected chi connectivity index (χ0v) is 10.4. The van der Waals surface area contributed by atoms with Crippen molar-refractivity contribution >= 4 is 0 Å². The van der Waals surface area contributed by atoms with E-state index in [1.54, 1.807) is 19.4 Å². The Morgan fingerprint density at radius 3 is 3.00 bits per heavy atom. The van der Waals surface area contributed by atoms with Crippen LogP contribution in [-0.2, 0) is 0 Å². The highest BCUT2D eigenvalue weighted by molar-refractivity contribution is 5.53. The van der Waals surface area contributed by atoms with Gasteiger partial charge in [0.15, 0.2) is 0 Å². The Morgan fingerprint density at radius 2 is 2.37 bits per heavy atom. The summed E-state index contributed by atoms with van der Waals surface area (Å²) in [5.74, 6) is 1.50. The third-order valence-corrected chi connectivity index (χ3v) is 3.05. The van der Waals surface area contributed by atoms with Crippen molar-refractivity contribution in [1.82, 2.24) is 20.4 Å². The fourth-order valence-corrected chi connectivity index (χ4v) is 2.03. The molecule has 7 nitrogen and oxygen atoms in total. The van der Waals surface area contributed by atoms with Crippen molar-refractivity contribution < 1.29 is 14.4 Å². The van der Waals surface area contributed by atoms with E-state index in [-0.39, 0.29) is 12.1 Å². The number of hydrogen-bond donors (Lipinski definition) is 2. The van der Waals surface area contributed by atoms with E-state index in [0.29, 0.717) is 30.6 Å². The zero-order valence-electron chi connectivity index (χ0n) is 10.4. The third kappa shape index (κ3) is 2.42. The van der Waals surface area contributed by atoms with Crippen LogP contribution in [0.1, 0.15) is 18.4 Å². The molecule has 1 aliphatic heterocycles. The molecule has 2 N–H and O–H groups in total. The summed E-state index contributed by atoms with van der Waals surface area (Å²) in [6.07, 6.45) is 1.86. The van der Waals surface area contributed by atoms with Gasteiger partial charge in [0.1, 0.15) is 0 Å². The van der Waals surface area contributed by atoms with Crippen molar-refractivity contribution in [3.05, 3.63) is 24.2 Å². The predicted octanol–water partition coefficient (Wildman–Crippen LogP) is 0.535. The number of pyridine rings is 1.